The zero-order valence-corrected chi connectivity index (χ0v) is 14.2. The van der Waals surface area contributed by atoms with E-state index in [1.54, 1.807) is 14.0 Å². The number of carbonyl (C=O) groups is 1. The number of likely N-dealkylation sites (tertiary alicyclic amines) is 1. The lowest BCUT2D eigenvalue weighted by Gasteiger charge is -2.32. The van der Waals surface area contributed by atoms with E-state index in [9.17, 15) is 4.79 Å². The van der Waals surface area contributed by atoms with Crippen LogP contribution in [0.4, 0.5) is 0 Å². The van der Waals surface area contributed by atoms with Crippen molar-refractivity contribution in [2.45, 2.75) is 51.8 Å². The first-order valence-electron chi connectivity index (χ1n) is 8.42. The van der Waals surface area contributed by atoms with Gasteiger partial charge in [-0.2, -0.15) is 0 Å². The van der Waals surface area contributed by atoms with Gasteiger partial charge in [-0.15, -0.1) is 0 Å². The molecule has 1 saturated heterocycles. The normalized spacial score (nSPS) is 21.0. The van der Waals surface area contributed by atoms with E-state index in [0.29, 0.717) is 6.04 Å². The van der Waals surface area contributed by atoms with Gasteiger partial charge in [-0.3, -0.25) is 4.79 Å². The summed E-state index contributed by atoms with van der Waals surface area (Å²) >= 11 is 0. The second-order valence-corrected chi connectivity index (χ2v) is 6.57. The molecule has 0 aliphatic carbocycles. The van der Waals surface area contributed by atoms with Crippen LogP contribution in [0.25, 0.3) is 0 Å². The van der Waals surface area contributed by atoms with Crippen LogP contribution >= 0.6 is 0 Å². The predicted molar refractivity (Wildman–Crippen MR) is 88.9 cm³/mol. The molecule has 1 fully saturated rings. The lowest BCUT2D eigenvalue weighted by Crippen LogP contribution is -2.43. The molecule has 0 radical (unpaired) electrons. The average molecular weight is 318 g/mol. The fraction of sp³-hybridized carbons (Fsp3) is 0.611. The number of amides is 1. The van der Waals surface area contributed by atoms with E-state index in [-0.39, 0.29) is 12.0 Å². The van der Waals surface area contributed by atoms with Gasteiger partial charge >= 0.3 is 0 Å². The van der Waals surface area contributed by atoms with Gasteiger partial charge in [-0.25, -0.2) is 0 Å². The molecular formula is C18H26N2O3. The van der Waals surface area contributed by atoms with Crippen LogP contribution in [0.2, 0.25) is 0 Å². The molecule has 2 aliphatic heterocycles. The van der Waals surface area contributed by atoms with Gasteiger partial charge < -0.3 is 19.7 Å². The van der Waals surface area contributed by atoms with Crippen LogP contribution in [-0.2, 0) is 17.8 Å². The molecule has 1 aromatic rings. The summed E-state index contributed by atoms with van der Waals surface area (Å²) in [5, 5.41) is 3.60. The number of fused-ring (bicyclic) bond motifs is 1. The number of nitrogens with one attached hydrogen (secondary N) is 1. The summed E-state index contributed by atoms with van der Waals surface area (Å²) in [4.78, 5) is 13.3. The SMILES string of the molecule is COc1cc2c(cc1CNC1CCN(C(C)=O)CC1)OC(C)C2. The summed E-state index contributed by atoms with van der Waals surface area (Å²) < 4.78 is 11.4. The van der Waals surface area contributed by atoms with Crippen molar-refractivity contribution in [1.29, 1.82) is 0 Å². The third kappa shape index (κ3) is 3.61. The number of hydrogen-bond acceptors (Lipinski definition) is 4. The first-order valence-corrected chi connectivity index (χ1v) is 8.42. The topological polar surface area (TPSA) is 50.8 Å². The van der Waals surface area contributed by atoms with E-state index in [4.69, 9.17) is 9.47 Å². The molecule has 1 atom stereocenters. The minimum Gasteiger partial charge on any atom is -0.496 e. The number of piperidine rings is 1. The third-order valence-electron chi connectivity index (χ3n) is 4.82. The number of carbonyl (C=O) groups excluding carboxylic acids is 1. The molecule has 3 rings (SSSR count). The Hall–Kier alpha value is -1.75. The second-order valence-electron chi connectivity index (χ2n) is 6.57. The van der Waals surface area contributed by atoms with E-state index in [2.05, 4.69) is 24.4 Å². The number of nitrogens with zero attached hydrogens (tertiary/aromatic N) is 1. The summed E-state index contributed by atoms with van der Waals surface area (Å²) in [5.41, 5.74) is 2.36. The van der Waals surface area contributed by atoms with Crippen molar-refractivity contribution in [2.75, 3.05) is 20.2 Å². The van der Waals surface area contributed by atoms with Gasteiger partial charge in [0.05, 0.1) is 7.11 Å². The zero-order valence-electron chi connectivity index (χ0n) is 14.2. The molecule has 2 aliphatic rings. The summed E-state index contributed by atoms with van der Waals surface area (Å²) in [7, 11) is 1.72. The minimum atomic E-state index is 0.176. The number of methoxy groups -OCH3 is 1. The van der Waals surface area contributed by atoms with E-state index in [0.717, 1.165) is 56.0 Å². The van der Waals surface area contributed by atoms with Crippen molar-refractivity contribution in [3.8, 4) is 11.5 Å². The van der Waals surface area contributed by atoms with E-state index < -0.39 is 0 Å². The Kier molecular flexibility index (Phi) is 4.76. The van der Waals surface area contributed by atoms with E-state index in [1.165, 1.54) is 5.56 Å². The molecule has 1 amide bonds. The highest BCUT2D eigenvalue weighted by atomic mass is 16.5. The molecular weight excluding hydrogens is 292 g/mol. The van der Waals surface area contributed by atoms with Crippen molar-refractivity contribution in [1.82, 2.24) is 10.2 Å². The fourth-order valence-electron chi connectivity index (χ4n) is 3.46. The minimum absolute atomic E-state index is 0.176. The third-order valence-corrected chi connectivity index (χ3v) is 4.82. The van der Waals surface area contributed by atoms with Crippen molar-refractivity contribution < 1.29 is 14.3 Å². The Labute approximate surface area is 137 Å². The van der Waals surface area contributed by atoms with Gasteiger partial charge in [0, 0.05) is 50.1 Å². The van der Waals surface area contributed by atoms with Crippen LogP contribution in [0.5, 0.6) is 11.5 Å². The highest BCUT2D eigenvalue weighted by Gasteiger charge is 2.23. The summed E-state index contributed by atoms with van der Waals surface area (Å²) in [5.74, 6) is 2.09. The standard InChI is InChI=1S/C18H26N2O3/c1-12-8-14-9-17(22-3)15(10-18(14)23-12)11-19-16-4-6-20(7-5-16)13(2)21/h9-10,12,16,19H,4-8,11H2,1-3H3. The molecule has 23 heavy (non-hydrogen) atoms. The number of ether oxygens (including phenoxy) is 2. The number of benzene rings is 1. The highest BCUT2D eigenvalue weighted by molar-refractivity contribution is 5.73. The first-order chi connectivity index (χ1) is 11.1. The predicted octanol–water partition coefficient (Wildman–Crippen LogP) is 2.12. The first kappa shape index (κ1) is 16.1. The summed E-state index contributed by atoms with van der Waals surface area (Å²) in [6.45, 7) is 6.18. The monoisotopic (exact) mass is 318 g/mol. The highest BCUT2D eigenvalue weighted by Crippen LogP contribution is 2.35. The van der Waals surface area contributed by atoms with Crippen molar-refractivity contribution >= 4 is 5.91 Å². The van der Waals surface area contributed by atoms with Gasteiger partial charge in [-0.05, 0) is 31.9 Å². The molecule has 0 saturated carbocycles. The molecule has 5 nitrogen and oxygen atoms in total. The van der Waals surface area contributed by atoms with Crippen LogP contribution in [0.1, 0.15) is 37.8 Å². The Bertz CT molecular complexity index is 580. The van der Waals surface area contributed by atoms with Gasteiger partial charge in [0.2, 0.25) is 5.91 Å². The molecule has 5 heteroatoms. The molecule has 1 aromatic carbocycles. The molecule has 1 unspecified atom stereocenters. The second kappa shape index (κ2) is 6.79. The Balaban J connectivity index is 1.60. The number of hydrogen-bond donors (Lipinski definition) is 1. The maximum atomic E-state index is 11.4. The van der Waals surface area contributed by atoms with E-state index in [1.807, 2.05) is 4.90 Å². The Morgan fingerprint density at radius 3 is 2.78 bits per heavy atom. The van der Waals surface area contributed by atoms with Crippen molar-refractivity contribution in [3.05, 3.63) is 23.3 Å². The van der Waals surface area contributed by atoms with Crippen molar-refractivity contribution in [2.24, 2.45) is 0 Å². The van der Waals surface area contributed by atoms with Crippen molar-refractivity contribution in [3.63, 3.8) is 0 Å². The molecule has 2 heterocycles. The molecule has 0 aromatic heterocycles. The molecule has 1 N–H and O–H groups in total. The fourth-order valence-corrected chi connectivity index (χ4v) is 3.46. The van der Waals surface area contributed by atoms with Crippen LogP contribution in [-0.4, -0.2) is 43.2 Å². The van der Waals surface area contributed by atoms with Crippen LogP contribution in [0.3, 0.4) is 0 Å². The quantitative estimate of drug-likeness (QED) is 0.924. The molecule has 0 spiro atoms. The molecule has 126 valence electrons. The number of rotatable bonds is 4. The van der Waals surface area contributed by atoms with Gasteiger partial charge in [0.1, 0.15) is 17.6 Å². The Morgan fingerprint density at radius 2 is 2.13 bits per heavy atom. The van der Waals surface area contributed by atoms with Crippen LogP contribution in [0, 0.1) is 0 Å². The smallest absolute Gasteiger partial charge is 0.219 e. The maximum Gasteiger partial charge on any atom is 0.219 e. The van der Waals surface area contributed by atoms with Gasteiger partial charge in [0.15, 0.2) is 0 Å². The Morgan fingerprint density at radius 1 is 1.39 bits per heavy atom. The lowest BCUT2D eigenvalue weighted by molar-refractivity contribution is -0.129. The summed E-state index contributed by atoms with van der Waals surface area (Å²) in [6.07, 6.45) is 3.19. The van der Waals surface area contributed by atoms with Gasteiger partial charge in [0.25, 0.3) is 0 Å². The maximum absolute atomic E-state index is 11.4. The van der Waals surface area contributed by atoms with Gasteiger partial charge in [-0.1, -0.05) is 0 Å². The molecule has 0 bridgehead atoms. The zero-order chi connectivity index (χ0) is 16.4. The largest absolute Gasteiger partial charge is 0.496 e. The average Bonchev–Trinajstić information content (AvgIpc) is 2.91. The van der Waals surface area contributed by atoms with Crippen LogP contribution < -0.4 is 14.8 Å². The lowest BCUT2D eigenvalue weighted by atomic mass is 10.0. The van der Waals surface area contributed by atoms with Crippen LogP contribution in [0.15, 0.2) is 12.1 Å². The van der Waals surface area contributed by atoms with E-state index >= 15 is 0 Å². The summed E-state index contributed by atoms with van der Waals surface area (Å²) in [6, 6.07) is 4.66.